The third-order valence-corrected chi connectivity index (χ3v) is 5.87. The number of thioether (sulfide) groups is 1. The molecule has 2 atom stereocenters. The van der Waals surface area contributed by atoms with E-state index in [2.05, 4.69) is 50.4 Å². The van der Waals surface area contributed by atoms with Gasteiger partial charge in [0.2, 0.25) is 0 Å². The van der Waals surface area contributed by atoms with Gasteiger partial charge in [-0.1, -0.05) is 57.0 Å². The summed E-state index contributed by atoms with van der Waals surface area (Å²) in [6.07, 6.45) is 9.11. The topological polar surface area (TPSA) is 0 Å². The van der Waals surface area contributed by atoms with E-state index in [9.17, 15) is 0 Å². The molecule has 1 saturated carbocycles. The second-order valence-electron chi connectivity index (χ2n) is 6.21. The van der Waals surface area contributed by atoms with Gasteiger partial charge < -0.3 is 0 Å². The quantitative estimate of drug-likeness (QED) is 0.711. The summed E-state index contributed by atoms with van der Waals surface area (Å²) in [5, 5.41) is 0. The van der Waals surface area contributed by atoms with Gasteiger partial charge in [0.1, 0.15) is 0 Å². The molecule has 0 spiro atoms. The maximum Gasteiger partial charge on any atom is -0.00212 e. The van der Waals surface area contributed by atoms with E-state index >= 15 is 0 Å². The zero-order valence-corrected chi connectivity index (χ0v) is 12.9. The summed E-state index contributed by atoms with van der Waals surface area (Å²) in [5.41, 5.74) is 2.38. The number of hydrogen-bond acceptors (Lipinski definition) is 1. The van der Waals surface area contributed by atoms with Crippen molar-refractivity contribution in [2.75, 3.05) is 12.0 Å². The van der Waals surface area contributed by atoms with Gasteiger partial charge in [-0.3, -0.25) is 0 Å². The van der Waals surface area contributed by atoms with Crippen LogP contribution in [0.2, 0.25) is 0 Å². The molecule has 0 saturated heterocycles. The minimum absolute atomic E-state index is 0.363. The van der Waals surface area contributed by atoms with E-state index in [1.807, 2.05) is 11.8 Å². The Labute approximate surface area is 117 Å². The first-order valence-corrected chi connectivity index (χ1v) is 8.56. The lowest BCUT2D eigenvalue weighted by Gasteiger charge is -2.51. The van der Waals surface area contributed by atoms with Gasteiger partial charge in [0.15, 0.2) is 0 Å². The van der Waals surface area contributed by atoms with E-state index in [4.69, 9.17) is 0 Å². The lowest BCUT2D eigenvalue weighted by molar-refractivity contribution is 0.0846. The van der Waals surface area contributed by atoms with Crippen LogP contribution in [0.5, 0.6) is 0 Å². The van der Waals surface area contributed by atoms with Crippen LogP contribution in [-0.4, -0.2) is 12.0 Å². The van der Waals surface area contributed by atoms with E-state index in [0.29, 0.717) is 10.8 Å². The van der Waals surface area contributed by atoms with Crippen molar-refractivity contribution < 1.29 is 0 Å². The minimum Gasteiger partial charge on any atom is -0.165 e. The number of benzene rings is 1. The van der Waals surface area contributed by atoms with Gasteiger partial charge in [-0.25, -0.2) is 0 Å². The second kappa shape index (κ2) is 5.69. The van der Waals surface area contributed by atoms with Gasteiger partial charge in [0.25, 0.3) is 0 Å². The molecule has 1 aliphatic rings. The van der Waals surface area contributed by atoms with Crippen LogP contribution in [0.4, 0.5) is 0 Å². The highest BCUT2D eigenvalue weighted by Crippen LogP contribution is 2.54. The highest BCUT2D eigenvalue weighted by Gasteiger charge is 2.46. The van der Waals surface area contributed by atoms with Crippen molar-refractivity contribution in [1.29, 1.82) is 0 Å². The molecule has 1 heteroatoms. The molecule has 0 unspecified atom stereocenters. The number of rotatable bonds is 4. The summed E-state index contributed by atoms with van der Waals surface area (Å²) >= 11 is 1.99. The Balaban J connectivity index is 2.31. The fourth-order valence-corrected chi connectivity index (χ4v) is 4.25. The molecule has 0 aromatic heterocycles. The zero-order valence-electron chi connectivity index (χ0n) is 12.0. The van der Waals surface area contributed by atoms with Gasteiger partial charge in [-0.05, 0) is 47.7 Å². The maximum absolute atomic E-state index is 2.52. The third kappa shape index (κ3) is 2.47. The van der Waals surface area contributed by atoms with Crippen LogP contribution < -0.4 is 0 Å². The number of hydrogen-bond donors (Lipinski definition) is 0. The lowest BCUT2D eigenvalue weighted by atomic mass is 9.54. The zero-order chi connectivity index (χ0) is 13.1. The molecule has 1 aliphatic carbocycles. The Bertz CT molecular complexity index is 372. The molecule has 1 aromatic rings. The molecule has 1 aromatic carbocycles. The molecule has 0 N–H and O–H groups in total. The van der Waals surface area contributed by atoms with E-state index in [-0.39, 0.29) is 0 Å². The summed E-state index contributed by atoms with van der Waals surface area (Å²) in [4.78, 5) is 0. The van der Waals surface area contributed by atoms with Crippen LogP contribution >= 0.6 is 11.8 Å². The third-order valence-electron chi connectivity index (χ3n) is 5.26. The second-order valence-corrected chi connectivity index (χ2v) is 7.19. The molecule has 0 radical (unpaired) electrons. The molecule has 18 heavy (non-hydrogen) atoms. The normalized spacial score (nSPS) is 32.4. The lowest BCUT2D eigenvalue weighted by Crippen LogP contribution is -2.44. The van der Waals surface area contributed by atoms with Gasteiger partial charge >= 0.3 is 0 Å². The average Bonchev–Trinajstić information content (AvgIpc) is 2.41. The van der Waals surface area contributed by atoms with Crippen molar-refractivity contribution in [2.24, 2.45) is 5.41 Å². The molecule has 1 fully saturated rings. The van der Waals surface area contributed by atoms with Gasteiger partial charge in [0.05, 0.1) is 0 Å². The predicted octanol–water partition coefficient (Wildman–Crippen LogP) is 5.28. The van der Waals surface area contributed by atoms with E-state index < -0.39 is 0 Å². The Morgan fingerprint density at radius 2 is 1.72 bits per heavy atom. The van der Waals surface area contributed by atoms with Crippen LogP contribution in [0.15, 0.2) is 30.3 Å². The molecule has 0 nitrogen and oxygen atoms in total. The van der Waals surface area contributed by atoms with Gasteiger partial charge in [0, 0.05) is 0 Å². The molecule has 100 valence electrons. The standard InChI is InChI=1S/C17H26S/c1-16(13-14-18-3)11-7-8-12-17(16,2)15-9-5-4-6-10-15/h4-6,9-10H,7-8,11-14H2,1-3H3/t16-,17+/m0/s1. The first-order valence-electron chi connectivity index (χ1n) is 7.17. The van der Waals surface area contributed by atoms with Crippen LogP contribution in [0.3, 0.4) is 0 Å². The van der Waals surface area contributed by atoms with Crippen LogP contribution in [-0.2, 0) is 5.41 Å². The Kier molecular flexibility index (Phi) is 4.42. The molecule has 2 rings (SSSR count). The molecule has 0 heterocycles. The van der Waals surface area contributed by atoms with Crippen molar-refractivity contribution in [3.05, 3.63) is 35.9 Å². The monoisotopic (exact) mass is 262 g/mol. The summed E-state index contributed by atoms with van der Waals surface area (Å²) in [6, 6.07) is 11.2. The molecular formula is C17H26S. The average molecular weight is 262 g/mol. The summed E-state index contributed by atoms with van der Waals surface area (Å²) in [5.74, 6) is 1.29. The van der Waals surface area contributed by atoms with Crippen molar-refractivity contribution in [2.45, 2.75) is 51.4 Å². The van der Waals surface area contributed by atoms with E-state index in [1.165, 1.54) is 37.9 Å². The SMILES string of the molecule is CSCC[C@]1(C)CCCC[C@]1(C)c1ccccc1. The smallest absolute Gasteiger partial charge is 0.00212 e. The predicted molar refractivity (Wildman–Crippen MR) is 83.4 cm³/mol. The van der Waals surface area contributed by atoms with Crippen molar-refractivity contribution >= 4 is 11.8 Å². The Morgan fingerprint density at radius 3 is 2.39 bits per heavy atom. The fourth-order valence-electron chi connectivity index (χ4n) is 3.60. The first kappa shape index (κ1) is 14.0. The van der Waals surface area contributed by atoms with Crippen molar-refractivity contribution in [3.63, 3.8) is 0 Å². The van der Waals surface area contributed by atoms with Crippen molar-refractivity contribution in [1.82, 2.24) is 0 Å². The highest BCUT2D eigenvalue weighted by molar-refractivity contribution is 7.98. The molecular weight excluding hydrogens is 236 g/mol. The largest absolute Gasteiger partial charge is 0.165 e. The summed E-state index contributed by atoms with van der Waals surface area (Å²) < 4.78 is 0. The van der Waals surface area contributed by atoms with E-state index in [1.54, 1.807) is 5.56 Å². The van der Waals surface area contributed by atoms with Gasteiger partial charge in [-0.15, -0.1) is 0 Å². The molecule has 0 aliphatic heterocycles. The van der Waals surface area contributed by atoms with Crippen LogP contribution in [0.1, 0.15) is 51.5 Å². The molecule has 0 amide bonds. The Morgan fingerprint density at radius 1 is 1.06 bits per heavy atom. The summed E-state index contributed by atoms with van der Waals surface area (Å²) in [7, 11) is 0. The van der Waals surface area contributed by atoms with Crippen LogP contribution in [0, 0.1) is 5.41 Å². The van der Waals surface area contributed by atoms with E-state index in [0.717, 1.165) is 0 Å². The first-order chi connectivity index (χ1) is 8.62. The molecule has 0 bridgehead atoms. The van der Waals surface area contributed by atoms with Crippen molar-refractivity contribution in [3.8, 4) is 0 Å². The Hall–Kier alpha value is -0.430. The minimum atomic E-state index is 0.363. The van der Waals surface area contributed by atoms with Gasteiger partial charge in [-0.2, -0.15) is 11.8 Å². The van der Waals surface area contributed by atoms with Crippen LogP contribution in [0.25, 0.3) is 0 Å². The summed E-state index contributed by atoms with van der Waals surface area (Å²) in [6.45, 7) is 5.03. The highest BCUT2D eigenvalue weighted by atomic mass is 32.2. The maximum atomic E-state index is 2.52. The fraction of sp³-hybridized carbons (Fsp3) is 0.647.